The number of nitrogens with zero attached hydrogens (tertiary/aromatic N) is 2. The maximum atomic E-state index is 15.0. The number of halogens is 2. The van der Waals surface area contributed by atoms with Crippen LogP contribution in [0.4, 0.5) is 20.2 Å². The number of esters is 1. The number of hydrogen-bond acceptors (Lipinski definition) is 7. The van der Waals surface area contributed by atoms with Gasteiger partial charge in [0.2, 0.25) is 0 Å². The minimum Gasteiger partial charge on any atom is -0.422 e. The van der Waals surface area contributed by atoms with Gasteiger partial charge in [-0.2, -0.15) is 8.78 Å². The molecule has 1 atom stereocenters. The van der Waals surface area contributed by atoms with Crippen molar-refractivity contribution in [2.45, 2.75) is 5.66 Å². The maximum Gasteiger partial charge on any atom is 0.450 e. The molecule has 1 heterocycles. The third-order valence-corrected chi connectivity index (χ3v) is 7.38. The number of nitro benzene ring substituents is 1. The van der Waals surface area contributed by atoms with Crippen molar-refractivity contribution < 1.29 is 37.2 Å². The van der Waals surface area contributed by atoms with Crippen molar-refractivity contribution in [2.24, 2.45) is 0 Å². The number of alkyl halides is 2. The Morgan fingerprint density at radius 2 is 1.81 bits per heavy atom. The Morgan fingerprint density at radius 3 is 2.47 bits per heavy atom. The SMILES string of the molecule is [C-]#[N+]c1cccc(OP(=O)(O)C(F)(F)c2ccc3sc(C(=O)Oc4ccc([N+](=O)[O-])cc4)cc3c2)c1. The zero-order chi connectivity index (χ0) is 26.1. The lowest BCUT2D eigenvalue weighted by Crippen LogP contribution is -2.17. The molecule has 0 fully saturated rings. The molecule has 0 saturated heterocycles. The second kappa shape index (κ2) is 9.47. The van der Waals surface area contributed by atoms with Gasteiger partial charge in [-0.05, 0) is 47.9 Å². The first-order valence-electron chi connectivity index (χ1n) is 9.89. The summed E-state index contributed by atoms with van der Waals surface area (Å²) in [7, 11) is -5.59. The fraction of sp³-hybridized carbons (Fsp3) is 0.0435. The zero-order valence-corrected chi connectivity index (χ0v) is 19.5. The topological polar surface area (TPSA) is 120 Å². The summed E-state index contributed by atoms with van der Waals surface area (Å²) < 4.78 is 52.9. The molecule has 0 aliphatic heterocycles. The number of thiophene rings is 1. The number of rotatable bonds is 7. The Bertz CT molecular complexity index is 1580. The molecule has 0 aliphatic rings. The first-order chi connectivity index (χ1) is 17.0. The van der Waals surface area contributed by atoms with Crippen LogP contribution in [0.25, 0.3) is 14.9 Å². The van der Waals surface area contributed by atoms with E-state index in [-0.39, 0.29) is 33.1 Å². The molecule has 182 valence electrons. The second-order valence-corrected chi connectivity index (χ2v) is 10.1. The lowest BCUT2D eigenvalue weighted by atomic mass is 10.1. The van der Waals surface area contributed by atoms with Gasteiger partial charge in [-0.15, -0.1) is 11.3 Å². The Hall–Kier alpha value is -4.17. The normalized spacial score (nSPS) is 12.9. The van der Waals surface area contributed by atoms with Crippen LogP contribution in [-0.2, 0) is 10.2 Å². The molecule has 0 radical (unpaired) electrons. The average molecular weight is 530 g/mol. The summed E-state index contributed by atoms with van der Waals surface area (Å²) in [5, 5.41) is 10.9. The lowest BCUT2D eigenvalue weighted by Gasteiger charge is -2.23. The van der Waals surface area contributed by atoms with Crippen LogP contribution in [-0.4, -0.2) is 15.8 Å². The van der Waals surface area contributed by atoms with E-state index in [0.717, 1.165) is 41.7 Å². The van der Waals surface area contributed by atoms with Crippen LogP contribution in [0.5, 0.6) is 11.5 Å². The fourth-order valence-corrected chi connectivity index (χ4v) is 5.00. The van der Waals surface area contributed by atoms with Crippen molar-refractivity contribution >= 4 is 46.4 Å². The van der Waals surface area contributed by atoms with Crippen molar-refractivity contribution in [3.8, 4) is 11.5 Å². The highest BCUT2D eigenvalue weighted by molar-refractivity contribution is 7.54. The molecule has 1 unspecified atom stereocenters. The van der Waals surface area contributed by atoms with E-state index < -0.39 is 29.7 Å². The Balaban J connectivity index is 1.57. The monoisotopic (exact) mass is 530 g/mol. The van der Waals surface area contributed by atoms with Gasteiger partial charge >= 0.3 is 19.2 Å². The van der Waals surface area contributed by atoms with E-state index in [1.165, 1.54) is 42.5 Å². The van der Waals surface area contributed by atoms with E-state index in [0.29, 0.717) is 4.70 Å². The van der Waals surface area contributed by atoms with Gasteiger partial charge in [0.05, 0.1) is 11.5 Å². The molecule has 13 heteroatoms. The predicted octanol–water partition coefficient (Wildman–Crippen LogP) is 6.89. The van der Waals surface area contributed by atoms with Gasteiger partial charge in [-0.1, -0.05) is 18.2 Å². The highest BCUT2D eigenvalue weighted by atomic mass is 32.1. The van der Waals surface area contributed by atoms with E-state index in [1.807, 2.05) is 0 Å². The summed E-state index contributed by atoms with van der Waals surface area (Å²) in [6.45, 7) is 6.96. The van der Waals surface area contributed by atoms with Crippen molar-refractivity contribution in [1.82, 2.24) is 0 Å². The van der Waals surface area contributed by atoms with Crippen molar-refractivity contribution in [3.05, 3.63) is 105 Å². The minimum absolute atomic E-state index is 0.0450. The highest BCUT2D eigenvalue weighted by Gasteiger charge is 2.54. The van der Waals surface area contributed by atoms with Crippen LogP contribution in [0.3, 0.4) is 0 Å². The maximum absolute atomic E-state index is 15.0. The van der Waals surface area contributed by atoms with Crippen molar-refractivity contribution in [3.63, 3.8) is 0 Å². The number of hydrogen-bond donors (Lipinski definition) is 1. The Kier molecular flexibility index (Phi) is 6.56. The van der Waals surface area contributed by atoms with E-state index in [2.05, 4.69) is 4.85 Å². The molecule has 0 amide bonds. The van der Waals surface area contributed by atoms with Gasteiger partial charge in [0, 0.05) is 22.4 Å². The number of ether oxygens (including phenoxy) is 1. The summed E-state index contributed by atoms with van der Waals surface area (Å²) in [6, 6.07) is 14.2. The molecule has 0 bridgehead atoms. The van der Waals surface area contributed by atoms with Gasteiger partial charge < -0.3 is 14.2 Å². The highest BCUT2D eigenvalue weighted by Crippen LogP contribution is 2.63. The summed E-state index contributed by atoms with van der Waals surface area (Å²) in [5.41, 5.74) is -5.26. The van der Waals surface area contributed by atoms with Crippen LogP contribution >= 0.6 is 18.9 Å². The Labute approximate surface area is 205 Å². The first-order valence-corrected chi connectivity index (χ1v) is 12.3. The molecule has 4 rings (SSSR count). The molecule has 0 spiro atoms. The lowest BCUT2D eigenvalue weighted by molar-refractivity contribution is -0.384. The van der Waals surface area contributed by atoms with Crippen LogP contribution in [0.1, 0.15) is 15.2 Å². The fourth-order valence-electron chi connectivity index (χ4n) is 3.10. The van der Waals surface area contributed by atoms with Crippen LogP contribution in [0.15, 0.2) is 72.8 Å². The minimum atomic E-state index is -5.59. The molecule has 1 N–H and O–H groups in total. The molecule has 9 nitrogen and oxygen atoms in total. The number of carbonyl (C=O) groups is 1. The van der Waals surface area contributed by atoms with Gasteiger partial charge in [-0.25, -0.2) is 14.2 Å². The van der Waals surface area contributed by atoms with E-state index >= 15 is 8.78 Å². The molecule has 4 aromatic rings. The van der Waals surface area contributed by atoms with Crippen molar-refractivity contribution in [1.29, 1.82) is 0 Å². The number of non-ortho nitro benzene ring substituents is 1. The third kappa shape index (κ3) is 4.94. The summed E-state index contributed by atoms with van der Waals surface area (Å²) in [4.78, 5) is 35.9. The molecule has 0 saturated carbocycles. The van der Waals surface area contributed by atoms with Crippen LogP contribution in [0, 0.1) is 16.7 Å². The second-order valence-electron chi connectivity index (χ2n) is 7.27. The van der Waals surface area contributed by atoms with E-state index in [9.17, 15) is 24.4 Å². The standard InChI is InChI=1S/C23H13F2N2O7PS/c1-26-16-3-2-4-19(13-16)34-35(31,32)23(24,25)15-5-10-20-14(11-15)12-21(36-20)22(28)33-18-8-6-17(7-9-18)27(29)30/h2-13H,(H,31,32). The predicted molar refractivity (Wildman–Crippen MR) is 127 cm³/mol. The van der Waals surface area contributed by atoms with E-state index in [4.69, 9.17) is 15.8 Å². The molecular formula is C23H13F2N2O7PS. The number of fused-ring (bicyclic) bond motifs is 1. The van der Waals surface area contributed by atoms with Crippen LogP contribution in [0.2, 0.25) is 0 Å². The third-order valence-electron chi connectivity index (χ3n) is 4.85. The molecule has 1 aromatic heterocycles. The largest absolute Gasteiger partial charge is 0.450 e. The summed E-state index contributed by atoms with van der Waals surface area (Å²) in [5.74, 6) is -1.12. The molecule has 3 aromatic carbocycles. The zero-order valence-electron chi connectivity index (χ0n) is 17.8. The number of carbonyl (C=O) groups excluding carboxylic acids is 1. The van der Waals surface area contributed by atoms with Gasteiger partial charge in [-0.3, -0.25) is 10.1 Å². The number of nitro groups is 1. The van der Waals surface area contributed by atoms with Crippen molar-refractivity contribution in [2.75, 3.05) is 0 Å². The van der Waals surface area contributed by atoms with Crippen LogP contribution < -0.4 is 9.26 Å². The number of benzene rings is 3. The van der Waals surface area contributed by atoms with Gasteiger partial charge in [0.25, 0.3) is 5.69 Å². The van der Waals surface area contributed by atoms with Gasteiger partial charge in [0.1, 0.15) is 16.4 Å². The van der Waals surface area contributed by atoms with Gasteiger partial charge in [0.15, 0.2) is 5.69 Å². The summed E-state index contributed by atoms with van der Waals surface area (Å²) in [6.07, 6.45) is 0. The first kappa shape index (κ1) is 24.9. The molecule has 0 aliphatic carbocycles. The Morgan fingerprint density at radius 1 is 1.08 bits per heavy atom. The smallest absolute Gasteiger partial charge is 0.422 e. The quantitative estimate of drug-likeness (QED) is 0.0690. The molecular weight excluding hydrogens is 517 g/mol. The molecule has 36 heavy (non-hydrogen) atoms. The summed E-state index contributed by atoms with van der Waals surface area (Å²) >= 11 is 0.948. The average Bonchev–Trinajstić information content (AvgIpc) is 3.28. The van der Waals surface area contributed by atoms with E-state index in [1.54, 1.807) is 0 Å².